The summed E-state index contributed by atoms with van der Waals surface area (Å²) in [5.74, 6) is 1.30. The average Bonchev–Trinajstić information content (AvgIpc) is 0.826. The zero-order chi connectivity index (χ0) is 67.5. The Hall–Kier alpha value is -7.98. The molecule has 96 heavy (non-hydrogen) atoms. The first-order chi connectivity index (χ1) is 47.2. The van der Waals surface area contributed by atoms with Crippen molar-refractivity contribution in [2.24, 2.45) is 0 Å². The maximum atomic E-state index is 14.7. The van der Waals surface area contributed by atoms with E-state index in [0.717, 1.165) is 72.3 Å². The van der Waals surface area contributed by atoms with E-state index in [2.05, 4.69) is 20.8 Å². The van der Waals surface area contributed by atoms with Crippen molar-refractivity contribution in [2.75, 3.05) is 24.7 Å². The van der Waals surface area contributed by atoms with Gasteiger partial charge in [-0.25, -0.2) is 14.5 Å². The number of hydrogen-bond donors (Lipinski definition) is 0. The van der Waals surface area contributed by atoms with Crippen LogP contribution in [0.15, 0.2) is 170 Å². The summed E-state index contributed by atoms with van der Waals surface area (Å²) in [7, 11) is 0. The van der Waals surface area contributed by atoms with Crippen molar-refractivity contribution in [1.82, 2.24) is 0 Å². The van der Waals surface area contributed by atoms with E-state index >= 15 is 0 Å². The van der Waals surface area contributed by atoms with Gasteiger partial charge >= 0.3 is 11.9 Å². The standard InChI is InChI=1S/C86H111NO9/c1-4-7-10-13-16-19-22-25-28-31-65-92-78-61-53-75(54-62-78)85(90)95-80-57-45-71(46-58-80)39-37-69-41-49-73(50-42-69)83(88)87(77-35-34-36-82(68-77)94-67-33-30-27-24-21-18-15-12-9-6-3)84(89)74-51-43-70(44-52-74)38-40-72-47-59-81(60-48-72)96-86(91)76-55-63-79(64-56-76)93-66-32-29-26-23-20-17-14-11-8-5-2/h34-36,41-64,68H,4-33,37-40,65-67H2,1-3H3. The second kappa shape index (κ2) is 45.5. The molecule has 0 saturated carbocycles. The molecule has 514 valence electrons. The number of unbranched alkanes of at least 4 members (excludes halogenated alkanes) is 27. The zero-order valence-corrected chi connectivity index (χ0v) is 58.5. The topological polar surface area (TPSA) is 118 Å². The van der Waals surface area contributed by atoms with E-state index in [1.165, 1.54) is 172 Å². The van der Waals surface area contributed by atoms with Crippen molar-refractivity contribution in [3.05, 3.63) is 214 Å². The van der Waals surface area contributed by atoms with Crippen molar-refractivity contribution in [3.63, 3.8) is 0 Å². The van der Waals surface area contributed by atoms with Gasteiger partial charge in [0.15, 0.2) is 0 Å². The van der Waals surface area contributed by atoms with Gasteiger partial charge in [0.25, 0.3) is 11.8 Å². The first kappa shape index (κ1) is 75.4. The van der Waals surface area contributed by atoms with E-state index in [0.29, 0.717) is 77.9 Å². The van der Waals surface area contributed by atoms with E-state index in [4.69, 9.17) is 23.7 Å². The third-order valence-electron chi connectivity index (χ3n) is 18.0. The summed E-state index contributed by atoms with van der Waals surface area (Å²) in [6.07, 6.45) is 40.7. The SMILES string of the molecule is CCCCCCCCCCCCOc1ccc(C(=O)Oc2ccc(CCc3ccc(C(=O)N(C(=O)c4ccc(CCc5ccc(OC(=O)c6ccc(OCCCCCCCCCCCC)cc6)cc5)cc4)c4cccc(OCCCCCCCCCCCC)c4)cc3)cc2)cc1. The number of aryl methyl sites for hydroxylation is 4. The molecule has 7 aromatic rings. The molecule has 7 aromatic carbocycles. The predicted octanol–water partition coefficient (Wildman–Crippen LogP) is 23.1. The van der Waals surface area contributed by atoms with Crippen molar-refractivity contribution in [1.29, 1.82) is 0 Å². The smallest absolute Gasteiger partial charge is 0.343 e. The molecule has 10 heteroatoms. The van der Waals surface area contributed by atoms with Crippen LogP contribution in [-0.4, -0.2) is 43.6 Å². The van der Waals surface area contributed by atoms with E-state index in [-0.39, 0.29) is 0 Å². The van der Waals surface area contributed by atoms with Crippen LogP contribution in [0.2, 0.25) is 0 Å². The third kappa shape index (κ3) is 28.8. The number of carbonyl (C=O) groups is 4. The number of benzene rings is 7. The van der Waals surface area contributed by atoms with Crippen LogP contribution < -0.4 is 28.6 Å². The molecule has 0 unspecified atom stereocenters. The maximum absolute atomic E-state index is 14.7. The molecule has 7 rings (SSSR count). The summed E-state index contributed by atoms with van der Waals surface area (Å²) in [5.41, 5.74) is 6.32. The van der Waals surface area contributed by atoms with Gasteiger partial charge in [-0.05, 0) is 176 Å². The number of imide groups is 1. The molecule has 0 N–H and O–H groups in total. The molecule has 2 amide bonds. The number of carbonyl (C=O) groups excluding carboxylic acids is 4. The highest BCUT2D eigenvalue weighted by molar-refractivity contribution is 6.25. The largest absolute Gasteiger partial charge is 0.494 e. The van der Waals surface area contributed by atoms with E-state index in [9.17, 15) is 19.2 Å². The summed E-state index contributed by atoms with van der Waals surface area (Å²) >= 11 is 0. The zero-order valence-electron chi connectivity index (χ0n) is 58.5. The summed E-state index contributed by atoms with van der Waals surface area (Å²) in [6, 6.07) is 51.6. The van der Waals surface area contributed by atoms with Gasteiger partial charge in [0.1, 0.15) is 28.7 Å². The number of anilines is 1. The monoisotopic (exact) mass is 1300 g/mol. The molecule has 0 bridgehead atoms. The van der Waals surface area contributed by atoms with Crippen LogP contribution in [0.4, 0.5) is 5.69 Å². The lowest BCUT2D eigenvalue weighted by Crippen LogP contribution is -2.37. The van der Waals surface area contributed by atoms with Crippen LogP contribution in [0.25, 0.3) is 0 Å². The van der Waals surface area contributed by atoms with Crippen molar-refractivity contribution in [2.45, 2.75) is 239 Å². The van der Waals surface area contributed by atoms with E-state index in [1.54, 1.807) is 60.7 Å². The van der Waals surface area contributed by atoms with Gasteiger partial charge in [-0.15, -0.1) is 0 Å². The molecule has 0 aliphatic rings. The Morgan fingerprint density at radius 1 is 0.271 bits per heavy atom. The molecule has 0 aromatic heterocycles. The molecule has 0 aliphatic heterocycles. The second-order valence-electron chi connectivity index (χ2n) is 26.0. The number of rotatable bonds is 49. The summed E-state index contributed by atoms with van der Waals surface area (Å²) in [4.78, 5) is 56.8. The van der Waals surface area contributed by atoms with Gasteiger partial charge in [-0.2, -0.15) is 0 Å². The predicted molar refractivity (Wildman–Crippen MR) is 393 cm³/mol. The molecule has 0 radical (unpaired) electrons. The summed E-state index contributed by atoms with van der Waals surface area (Å²) in [6.45, 7) is 8.65. The van der Waals surface area contributed by atoms with E-state index in [1.807, 2.05) is 109 Å². The fourth-order valence-corrected chi connectivity index (χ4v) is 12.0. The minimum Gasteiger partial charge on any atom is -0.494 e. The molecule has 0 aliphatic carbocycles. The Morgan fingerprint density at radius 2 is 0.531 bits per heavy atom. The number of amides is 2. The number of ether oxygens (including phenoxy) is 5. The second-order valence-corrected chi connectivity index (χ2v) is 26.0. The maximum Gasteiger partial charge on any atom is 0.343 e. The number of nitrogens with zero attached hydrogens (tertiary/aromatic N) is 1. The molecule has 10 nitrogen and oxygen atoms in total. The molecule has 0 fully saturated rings. The first-order valence-corrected chi connectivity index (χ1v) is 37.1. The van der Waals surface area contributed by atoms with Crippen LogP contribution >= 0.6 is 0 Å². The van der Waals surface area contributed by atoms with Gasteiger partial charge in [0, 0.05) is 17.2 Å². The van der Waals surface area contributed by atoms with Crippen molar-refractivity contribution >= 4 is 29.4 Å². The Bertz CT molecular complexity index is 3080. The van der Waals surface area contributed by atoms with Crippen LogP contribution in [0, 0.1) is 0 Å². The average molecular weight is 1300 g/mol. The molecule has 0 atom stereocenters. The lowest BCUT2D eigenvalue weighted by molar-refractivity contribution is 0.0725. The highest BCUT2D eigenvalue weighted by Crippen LogP contribution is 2.28. The highest BCUT2D eigenvalue weighted by atomic mass is 16.5. The fraction of sp³-hybridized carbons (Fsp3) is 0.465. The van der Waals surface area contributed by atoms with Crippen LogP contribution in [0.3, 0.4) is 0 Å². The highest BCUT2D eigenvalue weighted by Gasteiger charge is 2.27. The van der Waals surface area contributed by atoms with Crippen molar-refractivity contribution < 1.29 is 42.9 Å². The Morgan fingerprint density at radius 3 is 0.844 bits per heavy atom. The molecule has 0 saturated heterocycles. The Labute approximate surface area is 576 Å². The minimum absolute atomic E-state index is 0.382. The lowest BCUT2D eigenvalue weighted by Gasteiger charge is -2.22. The molecular formula is C86H111NO9. The van der Waals surface area contributed by atoms with Gasteiger partial charge in [0.05, 0.1) is 36.6 Å². The van der Waals surface area contributed by atoms with Gasteiger partial charge < -0.3 is 23.7 Å². The Balaban J connectivity index is 0.882. The summed E-state index contributed by atoms with van der Waals surface area (Å²) < 4.78 is 29.6. The van der Waals surface area contributed by atoms with Crippen LogP contribution in [0.1, 0.15) is 277 Å². The molecular weight excluding hydrogens is 1190 g/mol. The Kier molecular flexibility index (Phi) is 35.7. The van der Waals surface area contributed by atoms with E-state index < -0.39 is 23.8 Å². The number of hydrogen-bond acceptors (Lipinski definition) is 9. The minimum atomic E-state index is -0.442. The van der Waals surface area contributed by atoms with Crippen molar-refractivity contribution in [3.8, 4) is 28.7 Å². The molecule has 0 spiro atoms. The number of esters is 2. The molecule has 0 heterocycles. The van der Waals surface area contributed by atoms with Gasteiger partial charge in [-0.1, -0.05) is 249 Å². The summed E-state index contributed by atoms with van der Waals surface area (Å²) in [5, 5.41) is 0. The van der Waals surface area contributed by atoms with Gasteiger partial charge in [-0.3, -0.25) is 9.59 Å². The lowest BCUT2D eigenvalue weighted by atomic mass is 10.0. The van der Waals surface area contributed by atoms with Crippen LogP contribution in [-0.2, 0) is 25.7 Å². The quantitative estimate of drug-likeness (QED) is 0.0159. The van der Waals surface area contributed by atoms with Crippen LogP contribution in [0.5, 0.6) is 28.7 Å². The third-order valence-corrected chi connectivity index (χ3v) is 18.0. The fourth-order valence-electron chi connectivity index (χ4n) is 12.0. The first-order valence-electron chi connectivity index (χ1n) is 37.1. The normalized spacial score (nSPS) is 11.1. The van der Waals surface area contributed by atoms with Gasteiger partial charge in [0.2, 0.25) is 0 Å².